The summed E-state index contributed by atoms with van der Waals surface area (Å²) in [6.45, 7) is 6.44. The molecule has 0 N–H and O–H groups in total. The number of ether oxygens (including phenoxy) is 2. The Morgan fingerprint density at radius 1 is 0.592 bits per heavy atom. The summed E-state index contributed by atoms with van der Waals surface area (Å²) in [6, 6.07) is 47.4. The van der Waals surface area contributed by atoms with E-state index in [2.05, 4.69) is 80.4 Å². The number of nitrogens with zero attached hydrogens (tertiary/aromatic N) is 2. The molecule has 0 atom stereocenters. The van der Waals surface area contributed by atoms with Crippen molar-refractivity contribution in [2.75, 3.05) is 0 Å². The van der Waals surface area contributed by atoms with E-state index < -0.39 is 0 Å². The fraction of sp³-hybridized carbons (Fsp3) is 0.0698. The van der Waals surface area contributed by atoms with Gasteiger partial charge in [-0.1, -0.05) is 71.8 Å². The van der Waals surface area contributed by atoms with Crippen molar-refractivity contribution in [2.45, 2.75) is 20.8 Å². The predicted octanol–water partition coefficient (Wildman–Crippen LogP) is 8.41. The van der Waals surface area contributed by atoms with Gasteiger partial charge < -0.3 is 19.4 Å². The van der Waals surface area contributed by atoms with Gasteiger partial charge in [-0.25, -0.2) is 0 Å². The van der Waals surface area contributed by atoms with Crippen LogP contribution in [-0.4, -0.2) is 16.7 Å². The molecule has 6 heteroatoms. The first-order valence-electron chi connectivity index (χ1n) is 16.1. The van der Waals surface area contributed by atoms with Crippen LogP contribution in [0.3, 0.4) is 0 Å². The van der Waals surface area contributed by atoms with E-state index in [0.29, 0.717) is 0 Å². The van der Waals surface area contributed by atoms with Crippen molar-refractivity contribution in [3.63, 3.8) is 0 Å². The number of rotatable bonds is 3. The first-order valence-corrected chi connectivity index (χ1v) is 16.1. The molecule has 2 aliphatic rings. The summed E-state index contributed by atoms with van der Waals surface area (Å²) < 4.78 is 12.8. The van der Waals surface area contributed by atoms with Gasteiger partial charge in [0, 0.05) is 43.7 Å². The Kier molecular flexibility index (Phi) is 9.01. The Morgan fingerprint density at radius 2 is 1.39 bits per heavy atom. The Hall–Kier alpha value is -5.29. The minimum absolute atomic E-state index is 0. The molecule has 239 valence electrons. The van der Waals surface area contributed by atoms with Gasteiger partial charge in [-0.05, 0) is 84.1 Å². The molecule has 2 aromatic heterocycles. The van der Waals surface area contributed by atoms with Gasteiger partial charge in [0.05, 0.1) is 0 Å². The third-order valence-corrected chi connectivity index (χ3v) is 8.95. The van der Waals surface area contributed by atoms with Crippen LogP contribution >= 0.6 is 0 Å². The van der Waals surface area contributed by atoms with Crippen LogP contribution in [0.15, 0.2) is 134 Å². The largest absolute Gasteiger partial charge is 0.503 e. The second-order valence-corrected chi connectivity index (χ2v) is 12.2. The minimum Gasteiger partial charge on any atom is -0.503 e. The van der Waals surface area contributed by atoms with E-state index in [-0.39, 0.29) is 26.8 Å². The Balaban J connectivity index is 0.000000246. The second kappa shape index (κ2) is 13.7. The van der Waals surface area contributed by atoms with E-state index >= 15 is 0 Å². The number of aromatic nitrogens is 2. The average molecular weight is 811 g/mol. The van der Waals surface area contributed by atoms with E-state index in [1.165, 1.54) is 22.3 Å². The average Bonchev–Trinajstić information content (AvgIpc) is 3.13. The molecular weight excluding hydrogens is 780 g/mol. The molecule has 49 heavy (non-hydrogen) atoms. The first kappa shape index (κ1) is 32.3. The van der Waals surface area contributed by atoms with Crippen molar-refractivity contribution in [3.05, 3.63) is 163 Å². The van der Waals surface area contributed by atoms with Crippen LogP contribution in [0.2, 0.25) is 0 Å². The Bertz CT molecular complexity index is 2260. The molecule has 4 nitrogen and oxygen atoms in total. The zero-order valence-corrected chi connectivity index (χ0v) is 29.7. The zero-order valence-electron chi connectivity index (χ0n) is 27.3. The summed E-state index contributed by atoms with van der Waals surface area (Å²) in [5, 5.41) is 0. The maximum atomic E-state index is 6.59. The third kappa shape index (κ3) is 6.10. The molecule has 1 radical (unpaired) electrons. The van der Waals surface area contributed by atoms with E-state index in [1.807, 2.05) is 85.1 Å². The van der Waals surface area contributed by atoms with Crippen molar-refractivity contribution in [1.82, 2.24) is 9.97 Å². The van der Waals surface area contributed by atoms with Crippen LogP contribution < -0.4 is 25.9 Å². The van der Waals surface area contributed by atoms with Gasteiger partial charge in [-0.2, -0.15) is 0 Å². The molecule has 0 amide bonds. The van der Waals surface area contributed by atoms with Crippen LogP contribution in [0.5, 0.6) is 23.0 Å². The monoisotopic (exact) mass is 811 g/mol. The summed E-state index contributed by atoms with van der Waals surface area (Å²) in [5.41, 5.74) is 13.1. The van der Waals surface area contributed by atoms with Gasteiger partial charge in [0.15, 0.2) is 0 Å². The minimum atomic E-state index is 0. The predicted molar refractivity (Wildman–Crippen MR) is 194 cm³/mol. The summed E-state index contributed by atoms with van der Waals surface area (Å²) >= 11 is 0. The van der Waals surface area contributed by atoms with E-state index in [4.69, 9.17) is 14.5 Å². The number of aryl methyl sites for hydroxylation is 3. The van der Waals surface area contributed by atoms with E-state index in [9.17, 15) is 0 Å². The molecule has 2 aliphatic heterocycles. The van der Waals surface area contributed by atoms with Gasteiger partial charge in [0.2, 0.25) is 6.71 Å². The smallest absolute Gasteiger partial charge is 0.241 e. The fourth-order valence-electron chi connectivity index (χ4n) is 6.67. The molecule has 0 unspecified atom stereocenters. The molecule has 5 aromatic carbocycles. The van der Waals surface area contributed by atoms with Gasteiger partial charge >= 0.3 is 0 Å². The molecule has 0 fully saturated rings. The van der Waals surface area contributed by atoms with E-state index in [0.717, 1.165) is 67.5 Å². The molecule has 9 rings (SSSR count). The third-order valence-electron chi connectivity index (χ3n) is 8.95. The topological polar surface area (TPSA) is 44.2 Å². The fourth-order valence-corrected chi connectivity index (χ4v) is 6.67. The molecule has 0 saturated carbocycles. The zero-order chi connectivity index (χ0) is 32.6. The molecule has 0 aliphatic carbocycles. The van der Waals surface area contributed by atoms with Crippen molar-refractivity contribution in [2.24, 2.45) is 0 Å². The maximum absolute atomic E-state index is 6.59. The van der Waals surface area contributed by atoms with Crippen LogP contribution in [0.1, 0.15) is 16.7 Å². The van der Waals surface area contributed by atoms with Crippen LogP contribution in [0, 0.1) is 32.9 Å². The standard InChI is InChI=1S/C32H23BNO2.C11H8N.Ir/c1-19-14-15-22(20(2)16-19)24-17-27(34-18-21(24)3)23-8-6-10-26-32(23)36-30-13-7-12-29-31(30)33(26)25-9-4-5-11-28(25)35-29;1-2-6-10(7-3-1)11-8-4-5-9-12-11;/h4-7,9-18H,1-3H3;1-6,8-9H;/q2*-1;. The van der Waals surface area contributed by atoms with Gasteiger partial charge in [0.1, 0.15) is 17.2 Å². The molecule has 0 saturated heterocycles. The number of pyridine rings is 2. The second-order valence-electron chi connectivity index (χ2n) is 12.2. The van der Waals surface area contributed by atoms with Crippen molar-refractivity contribution in [1.29, 1.82) is 0 Å². The molecule has 0 bridgehead atoms. The normalized spacial score (nSPS) is 11.7. The summed E-state index contributed by atoms with van der Waals surface area (Å²) in [6.07, 6.45) is 3.74. The van der Waals surface area contributed by atoms with Crippen LogP contribution in [-0.2, 0) is 20.1 Å². The Morgan fingerprint density at radius 3 is 2.18 bits per heavy atom. The molecular formula is C43H31BIrN2O2-2. The maximum Gasteiger partial charge on any atom is 0.241 e. The molecule has 0 spiro atoms. The number of para-hydroxylation sites is 1. The number of hydrogen-bond donors (Lipinski definition) is 0. The van der Waals surface area contributed by atoms with Gasteiger partial charge in [-0.3, -0.25) is 0 Å². The summed E-state index contributed by atoms with van der Waals surface area (Å²) in [4.78, 5) is 9.05. The number of hydrogen-bond acceptors (Lipinski definition) is 4. The van der Waals surface area contributed by atoms with Crippen LogP contribution in [0.25, 0.3) is 33.6 Å². The van der Waals surface area contributed by atoms with Gasteiger partial charge in [0.25, 0.3) is 0 Å². The SMILES string of the molecule is Cc1ccc(-c2cc(-c3[c-]ccc4c3Oc3cccc5c3B4c3ccccc3O5)ncc2C)c(C)c1.[Ir].[c-]1ccccc1-c1ccccn1. The van der Waals surface area contributed by atoms with Gasteiger partial charge in [-0.15, -0.1) is 59.6 Å². The number of fused-ring (bicyclic) bond motifs is 4. The summed E-state index contributed by atoms with van der Waals surface area (Å²) in [5.74, 6) is 3.37. The van der Waals surface area contributed by atoms with Crippen LogP contribution in [0.4, 0.5) is 0 Å². The van der Waals surface area contributed by atoms with Crippen molar-refractivity contribution < 1.29 is 29.6 Å². The van der Waals surface area contributed by atoms with Crippen molar-refractivity contribution in [3.8, 4) is 56.6 Å². The number of benzene rings is 5. The Labute approximate surface area is 301 Å². The quantitative estimate of drug-likeness (QED) is 0.133. The molecule has 7 aromatic rings. The van der Waals surface area contributed by atoms with E-state index in [1.54, 1.807) is 6.20 Å². The molecule has 4 heterocycles. The van der Waals surface area contributed by atoms with Crippen molar-refractivity contribution >= 4 is 23.1 Å². The summed E-state index contributed by atoms with van der Waals surface area (Å²) in [7, 11) is 0. The first-order chi connectivity index (χ1) is 23.5.